The van der Waals surface area contributed by atoms with Crippen LogP contribution in [0.1, 0.15) is 44.4 Å². The summed E-state index contributed by atoms with van der Waals surface area (Å²) < 4.78 is 5.56. The predicted octanol–water partition coefficient (Wildman–Crippen LogP) is 5.21. The summed E-state index contributed by atoms with van der Waals surface area (Å²) >= 11 is 0. The van der Waals surface area contributed by atoms with Gasteiger partial charge in [-0.2, -0.15) is 0 Å². The molecule has 0 heterocycles. The van der Waals surface area contributed by atoms with Crippen molar-refractivity contribution in [3.63, 3.8) is 0 Å². The third kappa shape index (κ3) is 4.25. The summed E-state index contributed by atoms with van der Waals surface area (Å²) in [6.45, 7) is 7.09. The number of anilines is 1. The van der Waals surface area contributed by atoms with Crippen molar-refractivity contribution in [2.75, 3.05) is 11.9 Å². The maximum absolute atomic E-state index is 5.56. The summed E-state index contributed by atoms with van der Waals surface area (Å²) in [4.78, 5) is 0. The Hall–Kier alpha value is -1.96. The highest BCUT2D eigenvalue weighted by Crippen LogP contribution is 2.25. The van der Waals surface area contributed by atoms with Crippen molar-refractivity contribution in [3.8, 4) is 5.75 Å². The highest BCUT2D eigenvalue weighted by atomic mass is 16.5. The first-order valence-corrected chi connectivity index (χ1v) is 7.85. The Labute approximate surface area is 128 Å². The molecule has 2 rings (SSSR count). The molecule has 0 aromatic heterocycles. The zero-order chi connectivity index (χ0) is 15.1. The number of hydrogen-bond donors (Lipinski definition) is 1. The fourth-order valence-corrected chi connectivity index (χ4v) is 2.45. The van der Waals surface area contributed by atoms with Gasteiger partial charge < -0.3 is 10.1 Å². The topological polar surface area (TPSA) is 21.3 Å². The van der Waals surface area contributed by atoms with Crippen LogP contribution in [0.2, 0.25) is 0 Å². The number of ether oxygens (including phenoxy) is 1. The second kappa shape index (κ2) is 7.72. The van der Waals surface area contributed by atoms with Crippen LogP contribution in [0, 0.1) is 0 Å². The van der Waals surface area contributed by atoms with Gasteiger partial charge in [-0.15, -0.1) is 0 Å². The lowest BCUT2D eigenvalue weighted by atomic mass is 10.0. The maximum atomic E-state index is 5.56. The van der Waals surface area contributed by atoms with E-state index in [0.29, 0.717) is 12.6 Å². The molecular formula is C19H25NO. The molecule has 112 valence electrons. The lowest BCUT2D eigenvalue weighted by Gasteiger charge is -2.19. The Balaban J connectivity index is 2.12. The molecule has 0 saturated carbocycles. The number of hydrogen-bond acceptors (Lipinski definition) is 2. The first-order chi connectivity index (χ1) is 10.3. The number of rotatable bonds is 7. The third-order valence-electron chi connectivity index (χ3n) is 3.68. The molecular weight excluding hydrogens is 258 g/mol. The van der Waals surface area contributed by atoms with Crippen molar-refractivity contribution < 1.29 is 4.74 Å². The molecule has 2 aromatic carbocycles. The normalized spacial score (nSPS) is 12.0. The zero-order valence-corrected chi connectivity index (χ0v) is 13.2. The molecule has 0 spiro atoms. The Morgan fingerprint density at radius 2 is 1.76 bits per heavy atom. The zero-order valence-electron chi connectivity index (χ0n) is 13.2. The molecule has 21 heavy (non-hydrogen) atoms. The van der Waals surface area contributed by atoms with Gasteiger partial charge in [-0.3, -0.25) is 0 Å². The van der Waals surface area contributed by atoms with E-state index in [2.05, 4.69) is 55.6 Å². The summed E-state index contributed by atoms with van der Waals surface area (Å²) in [5.74, 6) is 0.915. The Morgan fingerprint density at radius 3 is 2.38 bits per heavy atom. The average Bonchev–Trinajstić information content (AvgIpc) is 2.53. The van der Waals surface area contributed by atoms with Crippen LogP contribution >= 0.6 is 0 Å². The molecule has 0 aliphatic rings. The van der Waals surface area contributed by atoms with Crippen LogP contribution in [0.3, 0.4) is 0 Å². The van der Waals surface area contributed by atoms with E-state index in [1.807, 2.05) is 19.1 Å². The summed E-state index contributed by atoms with van der Waals surface area (Å²) in [7, 11) is 0. The van der Waals surface area contributed by atoms with Gasteiger partial charge in [-0.1, -0.05) is 44.2 Å². The standard InChI is InChI=1S/C19H25NO/c1-4-15-10-12-16(13-11-15)19(5-2)20-17-8-7-9-18(14-17)21-6-3/h7-14,19-20H,4-6H2,1-3H3. The monoisotopic (exact) mass is 283 g/mol. The van der Waals surface area contributed by atoms with Gasteiger partial charge in [0.15, 0.2) is 0 Å². The Morgan fingerprint density at radius 1 is 1.00 bits per heavy atom. The molecule has 0 fully saturated rings. The van der Waals surface area contributed by atoms with Gasteiger partial charge in [0.05, 0.1) is 12.6 Å². The van der Waals surface area contributed by atoms with Gasteiger partial charge in [-0.05, 0) is 43.0 Å². The van der Waals surface area contributed by atoms with Crippen molar-refractivity contribution >= 4 is 5.69 Å². The van der Waals surface area contributed by atoms with Crippen LogP contribution in [-0.2, 0) is 6.42 Å². The van der Waals surface area contributed by atoms with Crippen LogP contribution in [0.4, 0.5) is 5.69 Å². The van der Waals surface area contributed by atoms with Gasteiger partial charge >= 0.3 is 0 Å². The Bertz CT molecular complexity index is 548. The Kier molecular flexibility index (Phi) is 5.68. The highest BCUT2D eigenvalue weighted by Gasteiger charge is 2.09. The van der Waals surface area contributed by atoms with E-state index in [1.165, 1.54) is 11.1 Å². The molecule has 2 nitrogen and oxygen atoms in total. The summed E-state index contributed by atoms with van der Waals surface area (Å²) in [5, 5.41) is 3.60. The minimum absolute atomic E-state index is 0.327. The summed E-state index contributed by atoms with van der Waals surface area (Å²) in [6, 6.07) is 17.4. The first kappa shape index (κ1) is 15.4. The van der Waals surface area contributed by atoms with E-state index < -0.39 is 0 Å². The minimum atomic E-state index is 0.327. The molecule has 0 aliphatic heterocycles. The minimum Gasteiger partial charge on any atom is -0.494 e. The van der Waals surface area contributed by atoms with Crippen LogP contribution in [0.15, 0.2) is 48.5 Å². The summed E-state index contributed by atoms with van der Waals surface area (Å²) in [5.41, 5.74) is 3.82. The fraction of sp³-hybridized carbons (Fsp3) is 0.368. The van der Waals surface area contributed by atoms with Crippen LogP contribution in [0.5, 0.6) is 5.75 Å². The van der Waals surface area contributed by atoms with Crippen molar-refractivity contribution in [1.29, 1.82) is 0 Å². The summed E-state index contributed by atoms with van der Waals surface area (Å²) in [6.07, 6.45) is 2.13. The molecule has 0 aliphatic carbocycles. The highest BCUT2D eigenvalue weighted by molar-refractivity contribution is 5.50. The molecule has 0 radical (unpaired) electrons. The van der Waals surface area contributed by atoms with Gasteiger partial charge in [-0.25, -0.2) is 0 Å². The molecule has 0 saturated heterocycles. The lowest BCUT2D eigenvalue weighted by molar-refractivity contribution is 0.340. The molecule has 2 heteroatoms. The molecule has 1 unspecified atom stereocenters. The van der Waals surface area contributed by atoms with Gasteiger partial charge in [0.25, 0.3) is 0 Å². The fourth-order valence-electron chi connectivity index (χ4n) is 2.45. The first-order valence-electron chi connectivity index (χ1n) is 7.85. The van der Waals surface area contributed by atoms with Crippen LogP contribution < -0.4 is 10.1 Å². The van der Waals surface area contributed by atoms with E-state index >= 15 is 0 Å². The maximum Gasteiger partial charge on any atom is 0.121 e. The quantitative estimate of drug-likeness (QED) is 0.753. The second-order valence-corrected chi connectivity index (χ2v) is 5.16. The van der Waals surface area contributed by atoms with E-state index in [9.17, 15) is 0 Å². The molecule has 0 amide bonds. The van der Waals surface area contributed by atoms with Crippen molar-refractivity contribution in [2.24, 2.45) is 0 Å². The van der Waals surface area contributed by atoms with E-state index in [-0.39, 0.29) is 0 Å². The molecule has 1 atom stereocenters. The van der Waals surface area contributed by atoms with Crippen LogP contribution in [-0.4, -0.2) is 6.61 Å². The van der Waals surface area contributed by atoms with Crippen molar-refractivity contribution in [3.05, 3.63) is 59.7 Å². The van der Waals surface area contributed by atoms with Gasteiger partial charge in [0.1, 0.15) is 5.75 Å². The second-order valence-electron chi connectivity index (χ2n) is 5.16. The van der Waals surface area contributed by atoms with Crippen LogP contribution in [0.25, 0.3) is 0 Å². The van der Waals surface area contributed by atoms with Gasteiger partial charge in [0, 0.05) is 11.8 Å². The number of aryl methyl sites for hydroxylation is 1. The van der Waals surface area contributed by atoms with Crippen molar-refractivity contribution in [2.45, 2.75) is 39.7 Å². The molecule has 1 N–H and O–H groups in total. The molecule has 2 aromatic rings. The van der Waals surface area contributed by atoms with E-state index in [0.717, 1.165) is 24.3 Å². The molecule has 0 bridgehead atoms. The van der Waals surface area contributed by atoms with Gasteiger partial charge in [0.2, 0.25) is 0 Å². The number of benzene rings is 2. The smallest absolute Gasteiger partial charge is 0.121 e. The largest absolute Gasteiger partial charge is 0.494 e. The van der Waals surface area contributed by atoms with Crippen molar-refractivity contribution in [1.82, 2.24) is 0 Å². The van der Waals surface area contributed by atoms with E-state index in [4.69, 9.17) is 4.74 Å². The SMILES string of the molecule is CCOc1cccc(NC(CC)c2ccc(CC)cc2)c1. The third-order valence-corrected chi connectivity index (χ3v) is 3.68. The average molecular weight is 283 g/mol. The number of nitrogens with one attached hydrogen (secondary N) is 1. The van der Waals surface area contributed by atoms with E-state index in [1.54, 1.807) is 0 Å². The lowest BCUT2D eigenvalue weighted by Crippen LogP contribution is -2.09. The predicted molar refractivity (Wildman–Crippen MR) is 90.1 cm³/mol.